The van der Waals surface area contributed by atoms with Gasteiger partial charge in [-0.1, -0.05) is 6.92 Å². The molecule has 0 unspecified atom stereocenters. The Morgan fingerprint density at radius 1 is 1.31 bits per heavy atom. The highest BCUT2D eigenvalue weighted by Gasteiger charge is 2.60. The first-order chi connectivity index (χ1) is 6.22. The molecule has 3 saturated heterocycles. The van der Waals surface area contributed by atoms with Gasteiger partial charge in [0, 0.05) is 11.8 Å². The van der Waals surface area contributed by atoms with E-state index in [4.69, 9.17) is 9.47 Å². The van der Waals surface area contributed by atoms with Crippen LogP contribution in [0, 0.1) is 17.8 Å². The van der Waals surface area contributed by atoms with Crippen LogP contribution in [0.2, 0.25) is 0 Å². The van der Waals surface area contributed by atoms with Crippen LogP contribution in [-0.2, 0) is 9.47 Å². The first-order valence-electron chi connectivity index (χ1n) is 5.17. The average Bonchev–Trinajstić information content (AvgIpc) is 2.47. The van der Waals surface area contributed by atoms with E-state index in [1.54, 1.807) is 0 Å². The van der Waals surface area contributed by atoms with Crippen molar-refractivity contribution < 1.29 is 14.6 Å². The third-order valence-electron chi connectivity index (χ3n) is 4.11. The zero-order valence-corrected chi connectivity index (χ0v) is 7.90. The SMILES string of the molecule is C[C@@H]1CC[C@]2(O)C3COC(OC3)[C@H]12. The Hall–Kier alpha value is -0.120. The van der Waals surface area contributed by atoms with E-state index in [2.05, 4.69) is 6.92 Å². The van der Waals surface area contributed by atoms with Crippen molar-refractivity contribution in [3.63, 3.8) is 0 Å². The summed E-state index contributed by atoms with van der Waals surface area (Å²) in [5, 5.41) is 10.5. The van der Waals surface area contributed by atoms with Crippen molar-refractivity contribution in [1.82, 2.24) is 0 Å². The highest BCUT2D eigenvalue weighted by atomic mass is 16.7. The zero-order valence-electron chi connectivity index (χ0n) is 7.90. The van der Waals surface area contributed by atoms with Gasteiger partial charge in [0.15, 0.2) is 6.29 Å². The molecular formula is C10H16O3. The van der Waals surface area contributed by atoms with Gasteiger partial charge in [0.25, 0.3) is 0 Å². The van der Waals surface area contributed by atoms with E-state index in [1.165, 1.54) is 0 Å². The maximum atomic E-state index is 10.5. The molecular weight excluding hydrogens is 168 g/mol. The fourth-order valence-corrected chi connectivity index (χ4v) is 3.29. The molecule has 1 saturated carbocycles. The fraction of sp³-hybridized carbons (Fsp3) is 1.00. The average molecular weight is 184 g/mol. The molecule has 4 fully saturated rings. The molecule has 13 heavy (non-hydrogen) atoms. The molecule has 3 heterocycles. The van der Waals surface area contributed by atoms with Gasteiger partial charge in [-0.15, -0.1) is 0 Å². The van der Waals surface area contributed by atoms with Gasteiger partial charge < -0.3 is 14.6 Å². The zero-order chi connectivity index (χ0) is 9.05. The standard InChI is InChI=1S/C10H16O3/c1-6-2-3-10(11)7-4-12-9(8(6)10)13-5-7/h6-9,11H,2-5H2,1H3/t6-,7?,8+,9?,10+/m1/s1. The summed E-state index contributed by atoms with van der Waals surface area (Å²) in [6.45, 7) is 3.56. The first-order valence-corrected chi connectivity index (χ1v) is 5.17. The van der Waals surface area contributed by atoms with Crippen molar-refractivity contribution in [3.05, 3.63) is 0 Å². The van der Waals surface area contributed by atoms with Crippen LogP contribution >= 0.6 is 0 Å². The van der Waals surface area contributed by atoms with Gasteiger partial charge in [-0.25, -0.2) is 0 Å². The van der Waals surface area contributed by atoms with Gasteiger partial charge in [0.2, 0.25) is 0 Å². The van der Waals surface area contributed by atoms with Gasteiger partial charge in [-0.3, -0.25) is 0 Å². The summed E-state index contributed by atoms with van der Waals surface area (Å²) in [6, 6.07) is 0. The summed E-state index contributed by atoms with van der Waals surface area (Å²) in [6.07, 6.45) is 1.92. The number of fused-ring (bicyclic) bond motifs is 2. The second-order valence-electron chi connectivity index (χ2n) is 4.76. The van der Waals surface area contributed by atoms with Crippen molar-refractivity contribution in [2.24, 2.45) is 17.8 Å². The predicted octanol–water partition coefficient (Wildman–Crippen LogP) is 0.766. The molecule has 0 radical (unpaired) electrons. The minimum atomic E-state index is -0.472. The number of hydrogen-bond acceptors (Lipinski definition) is 3. The van der Waals surface area contributed by atoms with Crippen LogP contribution in [0.3, 0.4) is 0 Å². The largest absolute Gasteiger partial charge is 0.389 e. The van der Waals surface area contributed by atoms with E-state index in [1.807, 2.05) is 0 Å². The Balaban J connectivity index is 1.98. The number of ether oxygens (including phenoxy) is 2. The Kier molecular flexibility index (Phi) is 1.56. The molecule has 74 valence electrons. The fourth-order valence-electron chi connectivity index (χ4n) is 3.29. The van der Waals surface area contributed by atoms with E-state index in [-0.39, 0.29) is 18.1 Å². The van der Waals surface area contributed by atoms with E-state index < -0.39 is 5.60 Å². The maximum absolute atomic E-state index is 10.5. The molecule has 3 atom stereocenters. The molecule has 4 aliphatic rings. The van der Waals surface area contributed by atoms with Crippen LogP contribution in [0.15, 0.2) is 0 Å². The summed E-state index contributed by atoms with van der Waals surface area (Å²) in [4.78, 5) is 0. The van der Waals surface area contributed by atoms with Crippen LogP contribution in [0.5, 0.6) is 0 Å². The lowest BCUT2D eigenvalue weighted by atomic mass is 9.73. The highest BCUT2D eigenvalue weighted by molar-refractivity contribution is 5.06. The Labute approximate surface area is 78.0 Å². The predicted molar refractivity (Wildman–Crippen MR) is 46.0 cm³/mol. The molecule has 0 amide bonds. The number of hydrogen-bond donors (Lipinski definition) is 1. The Morgan fingerprint density at radius 3 is 2.62 bits per heavy atom. The van der Waals surface area contributed by atoms with Crippen molar-refractivity contribution in [2.45, 2.75) is 31.7 Å². The number of rotatable bonds is 0. The molecule has 3 aliphatic heterocycles. The van der Waals surface area contributed by atoms with Crippen LogP contribution in [0.1, 0.15) is 19.8 Å². The van der Waals surface area contributed by atoms with Gasteiger partial charge in [0.1, 0.15) is 0 Å². The second-order valence-corrected chi connectivity index (χ2v) is 4.76. The van der Waals surface area contributed by atoms with E-state index in [0.29, 0.717) is 19.1 Å². The molecule has 0 aromatic carbocycles. The van der Waals surface area contributed by atoms with Gasteiger partial charge >= 0.3 is 0 Å². The van der Waals surface area contributed by atoms with Gasteiger partial charge in [-0.05, 0) is 18.8 Å². The quantitative estimate of drug-likeness (QED) is 0.604. The van der Waals surface area contributed by atoms with Crippen LogP contribution in [-0.4, -0.2) is 30.2 Å². The lowest BCUT2D eigenvalue weighted by Gasteiger charge is -2.51. The van der Waals surface area contributed by atoms with E-state index in [9.17, 15) is 5.11 Å². The highest BCUT2D eigenvalue weighted by Crippen LogP contribution is 2.52. The Morgan fingerprint density at radius 2 is 2.00 bits per heavy atom. The monoisotopic (exact) mass is 184 g/mol. The number of aliphatic hydroxyl groups is 1. The van der Waals surface area contributed by atoms with Crippen molar-refractivity contribution in [3.8, 4) is 0 Å². The maximum Gasteiger partial charge on any atom is 0.163 e. The summed E-state index contributed by atoms with van der Waals surface area (Å²) in [7, 11) is 0. The summed E-state index contributed by atoms with van der Waals surface area (Å²) in [5.41, 5.74) is -0.472. The molecule has 3 heteroatoms. The summed E-state index contributed by atoms with van der Waals surface area (Å²) >= 11 is 0. The third kappa shape index (κ3) is 0.901. The Bertz CT molecular complexity index is 222. The molecule has 1 aliphatic carbocycles. The van der Waals surface area contributed by atoms with Crippen LogP contribution in [0.25, 0.3) is 0 Å². The molecule has 0 spiro atoms. The van der Waals surface area contributed by atoms with E-state index in [0.717, 1.165) is 12.8 Å². The summed E-state index contributed by atoms with van der Waals surface area (Å²) < 4.78 is 11.1. The minimum absolute atomic E-state index is 0.132. The minimum Gasteiger partial charge on any atom is -0.389 e. The molecule has 0 aromatic rings. The van der Waals surface area contributed by atoms with Crippen LogP contribution < -0.4 is 0 Å². The molecule has 3 nitrogen and oxygen atoms in total. The topological polar surface area (TPSA) is 38.7 Å². The van der Waals surface area contributed by atoms with Crippen molar-refractivity contribution in [1.29, 1.82) is 0 Å². The van der Waals surface area contributed by atoms with Crippen molar-refractivity contribution in [2.75, 3.05) is 13.2 Å². The molecule has 1 N–H and O–H groups in total. The van der Waals surface area contributed by atoms with Gasteiger partial charge in [-0.2, -0.15) is 0 Å². The third-order valence-corrected chi connectivity index (χ3v) is 4.11. The molecule has 2 bridgehead atoms. The second kappa shape index (κ2) is 2.47. The lowest BCUT2D eigenvalue weighted by molar-refractivity contribution is -0.327. The first kappa shape index (κ1) is 8.21. The van der Waals surface area contributed by atoms with Crippen LogP contribution in [0.4, 0.5) is 0 Å². The summed E-state index contributed by atoms with van der Waals surface area (Å²) in [5.74, 6) is 0.977. The molecule has 0 aromatic heterocycles. The lowest BCUT2D eigenvalue weighted by Crippen LogP contribution is -2.61. The van der Waals surface area contributed by atoms with Crippen molar-refractivity contribution >= 4 is 0 Å². The van der Waals surface area contributed by atoms with Gasteiger partial charge in [0.05, 0.1) is 18.8 Å². The smallest absolute Gasteiger partial charge is 0.163 e. The van der Waals surface area contributed by atoms with E-state index >= 15 is 0 Å². The molecule has 4 rings (SSSR count). The normalized spacial score (nSPS) is 59.5.